The first kappa shape index (κ1) is 26.1. The third-order valence-electron chi connectivity index (χ3n) is 5.74. The summed E-state index contributed by atoms with van der Waals surface area (Å²) in [6.07, 6.45) is 0. The fourth-order valence-corrected chi connectivity index (χ4v) is 3.73. The molecule has 0 aliphatic heterocycles. The largest absolute Gasteiger partial charge is 0.497 e. The first-order valence-corrected chi connectivity index (χ1v) is 11.7. The Labute approximate surface area is 218 Å². The van der Waals surface area contributed by atoms with Gasteiger partial charge in [0.1, 0.15) is 12.3 Å². The fourth-order valence-electron chi connectivity index (χ4n) is 3.73. The van der Waals surface area contributed by atoms with E-state index in [0.717, 1.165) is 10.2 Å². The van der Waals surface area contributed by atoms with E-state index in [1.165, 1.54) is 23.9 Å². The van der Waals surface area contributed by atoms with Crippen molar-refractivity contribution in [1.29, 1.82) is 0 Å². The molecule has 11 heteroatoms. The monoisotopic (exact) mass is 517 g/mol. The van der Waals surface area contributed by atoms with E-state index in [2.05, 4.69) is 15.5 Å². The molecule has 1 amide bonds. The number of carbonyl (C=O) groups is 1. The van der Waals surface area contributed by atoms with Crippen LogP contribution in [0.2, 0.25) is 0 Å². The van der Waals surface area contributed by atoms with E-state index in [4.69, 9.17) is 14.2 Å². The SMILES string of the molecule is COc1ccc(-c2ccc(=O)n(CCNC(=O)Cn3nc(-c4ccc(OC)c(OC)c4)ccc3=O)n2)cc1. The van der Waals surface area contributed by atoms with E-state index in [0.29, 0.717) is 34.2 Å². The summed E-state index contributed by atoms with van der Waals surface area (Å²) in [6.45, 7) is 0.0126. The second-order valence-corrected chi connectivity index (χ2v) is 8.14. The molecule has 2 heterocycles. The molecule has 4 rings (SSSR count). The molecule has 2 aromatic carbocycles. The van der Waals surface area contributed by atoms with Crippen LogP contribution in [0.15, 0.2) is 76.3 Å². The van der Waals surface area contributed by atoms with Crippen LogP contribution in [0, 0.1) is 0 Å². The lowest BCUT2D eigenvalue weighted by molar-refractivity contribution is -0.121. The standard InChI is InChI=1S/C27H27N5O6/c1-36-20-7-4-18(5-8-20)21-9-12-26(34)31(29-21)15-14-28-25(33)17-32-27(35)13-10-22(30-32)19-6-11-23(37-2)24(16-19)38-3/h4-13,16H,14-15,17H2,1-3H3,(H,28,33). The third-order valence-corrected chi connectivity index (χ3v) is 5.74. The number of hydrogen-bond donors (Lipinski definition) is 1. The Hall–Kier alpha value is -4.93. The van der Waals surface area contributed by atoms with E-state index in [-0.39, 0.29) is 25.2 Å². The van der Waals surface area contributed by atoms with Crippen molar-refractivity contribution in [2.75, 3.05) is 27.9 Å². The summed E-state index contributed by atoms with van der Waals surface area (Å²) in [4.78, 5) is 37.1. The first-order valence-electron chi connectivity index (χ1n) is 11.7. The quantitative estimate of drug-likeness (QED) is 0.338. The maximum Gasteiger partial charge on any atom is 0.267 e. The van der Waals surface area contributed by atoms with Crippen LogP contribution in [0.3, 0.4) is 0 Å². The maximum absolute atomic E-state index is 12.6. The van der Waals surface area contributed by atoms with Gasteiger partial charge in [0.25, 0.3) is 11.1 Å². The van der Waals surface area contributed by atoms with E-state index in [1.54, 1.807) is 44.6 Å². The molecular formula is C27H27N5O6. The van der Waals surface area contributed by atoms with Crippen LogP contribution in [-0.2, 0) is 17.9 Å². The van der Waals surface area contributed by atoms with Crippen molar-refractivity contribution in [2.45, 2.75) is 13.1 Å². The Bertz CT molecular complexity index is 1550. The average molecular weight is 518 g/mol. The normalized spacial score (nSPS) is 10.6. The fraction of sp³-hybridized carbons (Fsp3) is 0.222. The van der Waals surface area contributed by atoms with Gasteiger partial charge in [-0.25, -0.2) is 9.36 Å². The summed E-state index contributed by atoms with van der Waals surface area (Å²) >= 11 is 0. The van der Waals surface area contributed by atoms with Gasteiger partial charge in [-0.3, -0.25) is 14.4 Å². The molecule has 0 aliphatic rings. The van der Waals surface area contributed by atoms with Crippen molar-refractivity contribution in [3.63, 3.8) is 0 Å². The number of benzene rings is 2. The van der Waals surface area contributed by atoms with E-state index >= 15 is 0 Å². The molecule has 0 fully saturated rings. The van der Waals surface area contributed by atoms with Gasteiger partial charge in [0, 0.05) is 29.8 Å². The molecule has 4 aromatic rings. The number of methoxy groups -OCH3 is 3. The van der Waals surface area contributed by atoms with Gasteiger partial charge in [-0.15, -0.1) is 0 Å². The molecule has 196 valence electrons. The minimum Gasteiger partial charge on any atom is -0.497 e. The molecule has 0 saturated carbocycles. The summed E-state index contributed by atoms with van der Waals surface area (Å²) in [6, 6.07) is 18.6. The number of hydrogen-bond acceptors (Lipinski definition) is 8. The summed E-state index contributed by atoms with van der Waals surface area (Å²) in [7, 11) is 4.65. The number of aromatic nitrogens is 4. The van der Waals surface area contributed by atoms with E-state index < -0.39 is 11.5 Å². The lowest BCUT2D eigenvalue weighted by Crippen LogP contribution is -2.36. The Morgan fingerprint density at radius 1 is 0.737 bits per heavy atom. The molecule has 0 bridgehead atoms. The van der Waals surface area contributed by atoms with Gasteiger partial charge in [0.15, 0.2) is 11.5 Å². The summed E-state index contributed by atoms with van der Waals surface area (Å²) in [5.74, 6) is 1.37. The van der Waals surface area contributed by atoms with Crippen LogP contribution in [0.5, 0.6) is 17.2 Å². The molecular weight excluding hydrogens is 490 g/mol. The lowest BCUT2D eigenvalue weighted by atomic mass is 10.1. The van der Waals surface area contributed by atoms with Crippen molar-refractivity contribution in [3.8, 4) is 39.8 Å². The summed E-state index contributed by atoms with van der Waals surface area (Å²) in [5, 5.41) is 11.4. The van der Waals surface area contributed by atoms with Gasteiger partial charge >= 0.3 is 0 Å². The molecule has 0 radical (unpaired) electrons. The highest BCUT2D eigenvalue weighted by Gasteiger charge is 2.11. The second-order valence-electron chi connectivity index (χ2n) is 8.14. The molecule has 0 unspecified atom stereocenters. The highest BCUT2D eigenvalue weighted by molar-refractivity contribution is 5.75. The first-order chi connectivity index (χ1) is 18.4. The zero-order valence-corrected chi connectivity index (χ0v) is 21.2. The van der Waals surface area contributed by atoms with Crippen molar-refractivity contribution >= 4 is 5.91 Å². The summed E-state index contributed by atoms with van der Waals surface area (Å²) in [5.41, 5.74) is 1.90. The third kappa shape index (κ3) is 6.06. The molecule has 0 spiro atoms. The smallest absolute Gasteiger partial charge is 0.267 e. The van der Waals surface area contributed by atoms with Crippen LogP contribution in [0.1, 0.15) is 0 Å². The van der Waals surface area contributed by atoms with Crippen LogP contribution in [0.4, 0.5) is 0 Å². The zero-order chi connectivity index (χ0) is 27.1. The van der Waals surface area contributed by atoms with Gasteiger partial charge in [-0.2, -0.15) is 10.2 Å². The Kier molecular flexibility index (Phi) is 8.17. The highest BCUT2D eigenvalue weighted by Crippen LogP contribution is 2.31. The zero-order valence-electron chi connectivity index (χ0n) is 21.2. The molecule has 0 atom stereocenters. The van der Waals surface area contributed by atoms with Crippen LogP contribution >= 0.6 is 0 Å². The number of rotatable bonds is 10. The predicted molar refractivity (Wildman–Crippen MR) is 141 cm³/mol. The van der Waals surface area contributed by atoms with Crippen molar-refractivity contribution in [3.05, 3.63) is 87.4 Å². The minimum absolute atomic E-state index is 0.141. The van der Waals surface area contributed by atoms with Crippen molar-refractivity contribution in [2.24, 2.45) is 0 Å². The molecule has 1 N–H and O–H groups in total. The van der Waals surface area contributed by atoms with Gasteiger partial charge in [0.2, 0.25) is 5.91 Å². The average Bonchev–Trinajstić information content (AvgIpc) is 2.95. The molecule has 0 aliphatic carbocycles. The van der Waals surface area contributed by atoms with Crippen LogP contribution in [-0.4, -0.2) is 53.3 Å². The van der Waals surface area contributed by atoms with Gasteiger partial charge in [0.05, 0.1) is 39.3 Å². The second kappa shape index (κ2) is 11.9. The Morgan fingerprint density at radius 2 is 1.34 bits per heavy atom. The summed E-state index contributed by atoms with van der Waals surface area (Å²) < 4.78 is 18.1. The van der Waals surface area contributed by atoms with Gasteiger partial charge in [-0.1, -0.05) is 0 Å². The van der Waals surface area contributed by atoms with Crippen molar-refractivity contribution in [1.82, 2.24) is 24.9 Å². The van der Waals surface area contributed by atoms with Gasteiger partial charge < -0.3 is 19.5 Å². The topological polar surface area (TPSA) is 127 Å². The molecule has 2 aromatic heterocycles. The number of nitrogens with zero attached hydrogens (tertiary/aromatic N) is 4. The number of ether oxygens (including phenoxy) is 3. The van der Waals surface area contributed by atoms with E-state index in [9.17, 15) is 14.4 Å². The van der Waals surface area contributed by atoms with Crippen LogP contribution in [0.25, 0.3) is 22.5 Å². The van der Waals surface area contributed by atoms with Crippen molar-refractivity contribution < 1.29 is 19.0 Å². The van der Waals surface area contributed by atoms with Gasteiger partial charge in [-0.05, 0) is 54.6 Å². The maximum atomic E-state index is 12.6. The number of nitrogens with one attached hydrogen (secondary N) is 1. The number of amides is 1. The highest BCUT2D eigenvalue weighted by atomic mass is 16.5. The minimum atomic E-state index is -0.427. The van der Waals surface area contributed by atoms with E-state index in [1.807, 2.05) is 24.3 Å². The molecule has 0 saturated heterocycles. The predicted octanol–water partition coefficient (Wildman–Crippen LogP) is 1.98. The number of carbonyl (C=O) groups excluding carboxylic acids is 1. The van der Waals surface area contributed by atoms with Crippen LogP contribution < -0.4 is 30.6 Å². The Balaban J connectivity index is 1.41. The lowest BCUT2D eigenvalue weighted by Gasteiger charge is -2.11. The molecule has 11 nitrogen and oxygen atoms in total. The Morgan fingerprint density at radius 3 is 2.00 bits per heavy atom. The molecule has 38 heavy (non-hydrogen) atoms.